The Kier molecular flexibility index (Phi) is 4.21. The molecular weight excluding hydrogens is 212 g/mol. The van der Waals surface area contributed by atoms with E-state index in [2.05, 4.69) is 6.58 Å². The Morgan fingerprint density at radius 2 is 1.88 bits per heavy atom. The van der Waals surface area contributed by atoms with Crippen LogP contribution in [-0.2, 0) is 4.79 Å². The third-order valence-electron chi connectivity index (χ3n) is 4.13. The van der Waals surface area contributed by atoms with E-state index in [9.17, 15) is 4.79 Å². The van der Waals surface area contributed by atoms with Crippen molar-refractivity contribution in [2.24, 2.45) is 17.6 Å². The van der Waals surface area contributed by atoms with Gasteiger partial charge in [-0.15, -0.1) is 6.58 Å². The molecule has 0 bridgehead atoms. The molecule has 96 valence electrons. The van der Waals surface area contributed by atoms with Crippen molar-refractivity contribution in [3.63, 3.8) is 0 Å². The van der Waals surface area contributed by atoms with E-state index in [0.717, 1.165) is 38.8 Å². The first-order chi connectivity index (χ1) is 8.26. The maximum absolute atomic E-state index is 12.4. The summed E-state index contributed by atoms with van der Waals surface area (Å²) < 4.78 is 0. The molecule has 3 nitrogen and oxygen atoms in total. The lowest BCUT2D eigenvalue weighted by Gasteiger charge is -2.31. The van der Waals surface area contributed by atoms with E-state index in [1.54, 1.807) is 0 Å². The summed E-state index contributed by atoms with van der Waals surface area (Å²) in [7, 11) is 0. The van der Waals surface area contributed by atoms with Crippen molar-refractivity contribution in [2.75, 3.05) is 13.1 Å². The molecule has 2 rings (SSSR count). The fraction of sp³-hybridized carbons (Fsp3) is 0.786. The van der Waals surface area contributed by atoms with Gasteiger partial charge in [0.2, 0.25) is 5.91 Å². The number of hydrogen-bond donors (Lipinski definition) is 1. The molecule has 0 spiro atoms. The third kappa shape index (κ3) is 3.09. The summed E-state index contributed by atoms with van der Waals surface area (Å²) in [6.45, 7) is 5.25. The molecule has 0 aromatic heterocycles. The Morgan fingerprint density at radius 1 is 1.24 bits per heavy atom. The quantitative estimate of drug-likeness (QED) is 0.741. The van der Waals surface area contributed by atoms with Crippen LogP contribution in [0.3, 0.4) is 0 Å². The van der Waals surface area contributed by atoms with Gasteiger partial charge in [-0.3, -0.25) is 4.79 Å². The molecule has 0 aromatic carbocycles. The average Bonchev–Trinajstić information content (AvgIpc) is 3.19. The zero-order valence-electron chi connectivity index (χ0n) is 10.6. The van der Waals surface area contributed by atoms with Crippen LogP contribution in [0.1, 0.15) is 38.5 Å². The first-order valence-electron chi connectivity index (χ1n) is 6.87. The normalized spacial score (nSPS) is 28.8. The van der Waals surface area contributed by atoms with E-state index in [4.69, 9.17) is 5.73 Å². The summed E-state index contributed by atoms with van der Waals surface area (Å²) in [4.78, 5) is 14.5. The summed E-state index contributed by atoms with van der Waals surface area (Å²) in [5, 5.41) is 0. The summed E-state index contributed by atoms with van der Waals surface area (Å²) in [5.41, 5.74) is 5.68. The molecule has 2 saturated carbocycles. The van der Waals surface area contributed by atoms with Gasteiger partial charge in [0.1, 0.15) is 0 Å². The zero-order valence-corrected chi connectivity index (χ0v) is 10.6. The third-order valence-corrected chi connectivity index (χ3v) is 4.13. The van der Waals surface area contributed by atoms with Crippen LogP contribution in [0.4, 0.5) is 0 Å². The van der Waals surface area contributed by atoms with Crippen molar-refractivity contribution in [3.05, 3.63) is 12.7 Å². The molecule has 2 N–H and O–H groups in total. The van der Waals surface area contributed by atoms with E-state index in [-0.39, 0.29) is 5.92 Å². The van der Waals surface area contributed by atoms with Crippen LogP contribution >= 0.6 is 0 Å². The summed E-state index contributed by atoms with van der Waals surface area (Å²) in [6, 6.07) is 0.507. The maximum atomic E-state index is 12.4. The number of rotatable bonds is 5. The standard InChI is InChI=1S/C14H24N2O/c1-2-9-16(13-7-8-13)14(17)12-5-3-11(10-15)4-6-12/h2,11-13H,1,3-10,15H2. The van der Waals surface area contributed by atoms with Gasteiger partial charge in [-0.25, -0.2) is 0 Å². The van der Waals surface area contributed by atoms with Gasteiger partial charge in [-0.1, -0.05) is 6.08 Å². The molecule has 0 aliphatic heterocycles. The summed E-state index contributed by atoms with van der Waals surface area (Å²) in [5.74, 6) is 1.26. The molecule has 17 heavy (non-hydrogen) atoms. The average molecular weight is 236 g/mol. The smallest absolute Gasteiger partial charge is 0.226 e. The van der Waals surface area contributed by atoms with Crippen LogP contribution in [0.5, 0.6) is 0 Å². The minimum atomic E-state index is 0.248. The lowest BCUT2D eigenvalue weighted by Crippen LogP contribution is -2.39. The van der Waals surface area contributed by atoms with Crippen molar-refractivity contribution < 1.29 is 4.79 Å². The second kappa shape index (κ2) is 5.67. The van der Waals surface area contributed by atoms with Gasteiger partial charge in [0.25, 0.3) is 0 Å². The molecule has 0 aromatic rings. The highest BCUT2D eigenvalue weighted by molar-refractivity contribution is 5.79. The van der Waals surface area contributed by atoms with Crippen LogP contribution < -0.4 is 5.73 Å². The molecule has 0 radical (unpaired) electrons. The van der Waals surface area contributed by atoms with Gasteiger partial charge in [-0.05, 0) is 51.0 Å². The van der Waals surface area contributed by atoms with Crippen molar-refractivity contribution >= 4 is 5.91 Å². The van der Waals surface area contributed by atoms with Crippen LogP contribution in [0.2, 0.25) is 0 Å². The Labute approximate surface area is 104 Å². The number of amides is 1. The Balaban J connectivity index is 1.88. The second-order valence-electron chi connectivity index (χ2n) is 5.46. The highest BCUT2D eigenvalue weighted by atomic mass is 16.2. The molecular formula is C14H24N2O. The molecule has 1 amide bonds. The minimum Gasteiger partial charge on any atom is -0.336 e. The molecule has 0 saturated heterocycles. The first-order valence-corrected chi connectivity index (χ1v) is 6.87. The van der Waals surface area contributed by atoms with Crippen molar-refractivity contribution in [1.82, 2.24) is 4.90 Å². The van der Waals surface area contributed by atoms with Crippen molar-refractivity contribution in [3.8, 4) is 0 Å². The highest BCUT2D eigenvalue weighted by Gasteiger charge is 2.36. The van der Waals surface area contributed by atoms with Crippen LogP contribution in [0.15, 0.2) is 12.7 Å². The number of nitrogens with zero attached hydrogens (tertiary/aromatic N) is 1. The largest absolute Gasteiger partial charge is 0.336 e. The van der Waals surface area contributed by atoms with Crippen LogP contribution in [0.25, 0.3) is 0 Å². The Bertz CT molecular complexity index is 278. The minimum absolute atomic E-state index is 0.248. The molecule has 0 atom stereocenters. The van der Waals surface area contributed by atoms with Crippen molar-refractivity contribution in [1.29, 1.82) is 0 Å². The molecule has 3 heteroatoms. The molecule has 2 aliphatic rings. The van der Waals surface area contributed by atoms with E-state index < -0.39 is 0 Å². The van der Waals surface area contributed by atoms with E-state index >= 15 is 0 Å². The lowest BCUT2D eigenvalue weighted by atomic mass is 9.81. The summed E-state index contributed by atoms with van der Waals surface area (Å²) >= 11 is 0. The molecule has 0 unspecified atom stereocenters. The summed E-state index contributed by atoms with van der Waals surface area (Å²) in [6.07, 6.45) is 8.51. The van der Waals surface area contributed by atoms with E-state index in [1.807, 2.05) is 11.0 Å². The highest BCUT2D eigenvalue weighted by Crippen LogP contribution is 2.33. The van der Waals surface area contributed by atoms with Gasteiger partial charge in [-0.2, -0.15) is 0 Å². The SMILES string of the molecule is C=CCN(C(=O)C1CCC(CN)CC1)C1CC1. The number of nitrogens with two attached hydrogens (primary N) is 1. The Morgan fingerprint density at radius 3 is 2.35 bits per heavy atom. The fourth-order valence-corrected chi connectivity index (χ4v) is 2.82. The predicted octanol–water partition coefficient (Wildman–Crippen LogP) is 1.93. The topological polar surface area (TPSA) is 46.3 Å². The fourth-order valence-electron chi connectivity index (χ4n) is 2.82. The van der Waals surface area contributed by atoms with Crippen molar-refractivity contribution in [2.45, 2.75) is 44.6 Å². The number of carbonyl (C=O) groups is 1. The first kappa shape index (κ1) is 12.6. The number of hydrogen-bond acceptors (Lipinski definition) is 2. The van der Waals surface area contributed by atoms with E-state index in [0.29, 0.717) is 17.9 Å². The number of carbonyl (C=O) groups excluding carboxylic acids is 1. The lowest BCUT2D eigenvalue weighted by molar-refractivity contribution is -0.136. The maximum Gasteiger partial charge on any atom is 0.226 e. The monoisotopic (exact) mass is 236 g/mol. The van der Waals surface area contributed by atoms with Gasteiger partial charge in [0.05, 0.1) is 0 Å². The molecule has 2 fully saturated rings. The van der Waals surface area contributed by atoms with E-state index in [1.165, 1.54) is 12.8 Å². The zero-order chi connectivity index (χ0) is 12.3. The van der Waals surface area contributed by atoms with Gasteiger partial charge < -0.3 is 10.6 Å². The van der Waals surface area contributed by atoms with Crippen LogP contribution in [0, 0.1) is 11.8 Å². The predicted molar refractivity (Wildman–Crippen MR) is 69.4 cm³/mol. The second-order valence-corrected chi connectivity index (χ2v) is 5.46. The van der Waals surface area contributed by atoms with Gasteiger partial charge in [0.15, 0.2) is 0 Å². The van der Waals surface area contributed by atoms with Gasteiger partial charge in [0, 0.05) is 18.5 Å². The van der Waals surface area contributed by atoms with Crippen LogP contribution in [-0.4, -0.2) is 29.9 Å². The molecule has 0 heterocycles. The Hall–Kier alpha value is -0.830. The molecule has 2 aliphatic carbocycles. The van der Waals surface area contributed by atoms with Gasteiger partial charge >= 0.3 is 0 Å².